The first kappa shape index (κ1) is 17.0. The van der Waals surface area contributed by atoms with Crippen LogP contribution < -0.4 is 0 Å². The first-order valence-electron chi connectivity index (χ1n) is 8.36. The van der Waals surface area contributed by atoms with Crippen LogP contribution in [0, 0.1) is 6.92 Å². The van der Waals surface area contributed by atoms with Crippen LogP contribution in [0.25, 0.3) is 5.69 Å². The van der Waals surface area contributed by atoms with E-state index in [4.69, 9.17) is 0 Å². The summed E-state index contributed by atoms with van der Waals surface area (Å²) in [5.74, 6) is -0.0286. The predicted molar refractivity (Wildman–Crippen MR) is 96.7 cm³/mol. The molecule has 1 aromatic carbocycles. The van der Waals surface area contributed by atoms with Gasteiger partial charge in [0.15, 0.2) is 0 Å². The van der Waals surface area contributed by atoms with Crippen LogP contribution in [0.1, 0.15) is 34.1 Å². The Morgan fingerprint density at radius 1 is 1.16 bits per heavy atom. The van der Waals surface area contributed by atoms with E-state index in [1.807, 2.05) is 49.1 Å². The van der Waals surface area contributed by atoms with Gasteiger partial charge in [0.05, 0.1) is 29.3 Å². The van der Waals surface area contributed by atoms with Gasteiger partial charge in [0, 0.05) is 32.4 Å². The second-order valence-electron chi connectivity index (χ2n) is 6.29. The molecule has 0 aliphatic heterocycles. The molecule has 0 saturated heterocycles. The molecule has 0 aliphatic rings. The SMILES string of the molecule is CCc1c(C(=O)N(C)Cc2cnn(C)c2)cnn1-c1ccc(C)cc1. The van der Waals surface area contributed by atoms with Gasteiger partial charge in [-0.25, -0.2) is 4.68 Å². The molecule has 2 heterocycles. The van der Waals surface area contributed by atoms with Gasteiger partial charge in [-0.05, 0) is 25.5 Å². The molecular formula is C19H23N5O. The number of carbonyl (C=O) groups excluding carboxylic acids is 1. The first-order valence-corrected chi connectivity index (χ1v) is 8.36. The molecule has 3 rings (SSSR count). The minimum atomic E-state index is -0.0286. The van der Waals surface area contributed by atoms with Crippen LogP contribution in [0.5, 0.6) is 0 Å². The highest BCUT2D eigenvalue weighted by Gasteiger charge is 2.20. The second kappa shape index (κ2) is 6.93. The van der Waals surface area contributed by atoms with Crippen LogP contribution in [0.15, 0.2) is 42.9 Å². The quantitative estimate of drug-likeness (QED) is 0.719. The van der Waals surface area contributed by atoms with Gasteiger partial charge in [-0.15, -0.1) is 0 Å². The molecule has 2 aromatic heterocycles. The molecule has 3 aromatic rings. The summed E-state index contributed by atoms with van der Waals surface area (Å²) in [7, 11) is 3.67. The molecule has 25 heavy (non-hydrogen) atoms. The normalized spacial score (nSPS) is 10.9. The van der Waals surface area contributed by atoms with Crippen molar-refractivity contribution in [2.45, 2.75) is 26.8 Å². The van der Waals surface area contributed by atoms with Crippen molar-refractivity contribution in [2.24, 2.45) is 7.05 Å². The molecule has 0 N–H and O–H groups in total. The van der Waals surface area contributed by atoms with Crippen LogP contribution in [0.4, 0.5) is 0 Å². The Morgan fingerprint density at radius 2 is 1.88 bits per heavy atom. The van der Waals surface area contributed by atoms with E-state index in [1.54, 1.807) is 29.0 Å². The molecule has 0 bridgehead atoms. The minimum Gasteiger partial charge on any atom is -0.337 e. The Kier molecular flexibility index (Phi) is 4.70. The highest BCUT2D eigenvalue weighted by atomic mass is 16.2. The molecule has 0 atom stereocenters. The number of carbonyl (C=O) groups is 1. The molecule has 1 amide bonds. The van der Waals surface area contributed by atoms with E-state index in [1.165, 1.54) is 5.56 Å². The minimum absolute atomic E-state index is 0.0286. The fourth-order valence-corrected chi connectivity index (χ4v) is 2.91. The summed E-state index contributed by atoms with van der Waals surface area (Å²) in [6.07, 6.45) is 6.09. The highest BCUT2D eigenvalue weighted by Crippen LogP contribution is 2.18. The van der Waals surface area contributed by atoms with Crippen molar-refractivity contribution >= 4 is 5.91 Å². The number of hydrogen-bond donors (Lipinski definition) is 0. The maximum absolute atomic E-state index is 12.9. The molecule has 0 fully saturated rings. The number of benzene rings is 1. The molecule has 0 unspecified atom stereocenters. The van der Waals surface area contributed by atoms with Gasteiger partial charge in [0.1, 0.15) is 0 Å². The second-order valence-corrected chi connectivity index (χ2v) is 6.29. The molecule has 6 nitrogen and oxygen atoms in total. The van der Waals surface area contributed by atoms with Crippen molar-refractivity contribution in [3.05, 3.63) is 65.2 Å². The Balaban J connectivity index is 1.86. The third-order valence-corrected chi connectivity index (χ3v) is 4.24. The highest BCUT2D eigenvalue weighted by molar-refractivity contribution is 5.95. The smallest absolute Gasteiger partial charge is 0.257 e. The monoisotopic (exact) mass is 337 g/mol. The summed E-state index contributed by atoms with van der Waals surface area (Å²) in [6, 6.07) is 8.14. The van der Waals surface area contributed by atoms with Crippen LogP contribution in [-0.4, -0.2) is 37.4 Å². The van der Waals surface area contributed by atoms with Gasteiger partial charge in [0.25, 0.3) is 5.91 Å². The van der Waals surface area contributed by atoms with Crippen molar-refractivity contribution in [3.8, 4) is 5.69 Å². The van der Waals surface area contributed by atoms with E-state index >= 15 is 0 Å². The van der Waals surface area contributed by atoms with Crippen molar-refractivity contribution in [1.29, 1.82) is 0 Å². The molecule has 6 heteroatoms. The summed E-state index contributed by atoms with van der Waals surface area (Å²) in [4.78, 5) is 14.6. The van der Waals surface area contributed by atoms with Crippen LogP contribution >= 0.6 is 0 Å². The van der Waals surface area contributed by atoms with E-state index in [-0.39, 0.29) is 5.91 Å². The average Bonchev–Trinajstić information content (AvgIpc) is 3.20. The zero-order valence-corrected chi connectivity index (χ0v) is 15.1. The van der Waals surface area contributed by atoms with Crippen LogP contribution in [0.3, 0.4) is 0 Å². The van der Waals surface area contributed by atoms with Gasteiger partial charge >= 0.3 is 0 Å². The first-order chi connectivity index (χ1) is 12.0. The van der Waals surface area contributed by atoms with Crippen LogP contribution in [0.2, 0.25) is 0 Å². The van der Waals surface area contributed by atoms with Gasteiger partial charge in [-0.3, -0.25) is 9.48 Å². The van der Waals surface area contributed by atoms with Gasteiger partial charge < -0.3 is 4.90 Å². The maximum atomic E-state index is 12.9. The van der Waals surface area contributed by atoms with Crippen LogP contribution in [-0.2, 0) is 20.0 Å². The third kappa shape index (κ3) is 3.47. The maximum Gasteiger partial charge on any atom is 0.257 e. The number of aryl methyl sites for hydroxylation is 2. The van der Waals surface area contributed by atoms with Gasteiger partial charge in [0.2, 0.25) is 0 Å². The van der Waals surface area contributed by atoms with E-state index in [9.17, 15) is 4.79 Å². The fourth-order valence-electron chi connectivity index (χ4n) is 2.91. The Labute approximate surface area is 147 Å². The zero-order chi connectivity index (χ0) is 18.0. The Morgan fingerprint density at radius 3 is 2.48 bits per heavy atom. The molecule has 0 spiro atoms. The lowest BCUT2D eigenvalue weighted by molar-refractivity contribution is 0.0784. The Hall–Kier alpha value is -2.89. The zero-order valence-electron chi connectivity index (χ0n) is 15.1. The van der Waals surface area contributed by atoms with Gasteiger partial charge in [-0.2, -0.15) is 10.2 Å². The van der Waals surface area contributed by atoms with Crippen molar-refractivity contribution in [2.75, 3.05) is 7.05 Å². The van der Waals surface area contributed by atoms with E-state index < -0.39 is 0 Å². The summed E-state index contributed by atoms with van der Waals surface area (Å²) in [5, 5.41) is 8.60. The summed E-state index contributed by atoms with van der Waals surface area (Å²) in [5.41, 5.74) is 4.74. The van der Waals surface area contributed by atoms with Gasteiger partial charge in [-0.1, -0.05) is 24.6 Å². The number of rotatable bonds is 5. The fraction of sp³-hybridized carbons (Fsp3) is 0.316. The molecule has 130 valence electrons. The number of amides is 1. The molecule has 0 saturated carbocycles. The largest absolute Gasteiger partial charge is 0.337 e. The van der Waals surface area contributed by atoms with E-state index in [2.05, 4.69) is 17.1 Å². The lowest BCUT2D eigenvalue weighted by atomic mass is 10.1. The van der Waals surface area contributed by atoms with E-state index in [0.29, 0.717) is 12.1 Å². The summed E-state index contributed by atoms with van der Waals surface area (Å²) >= 11 is 0. The van der Waals surface area contributed by atoms with Crippen molar-refractivity contribution < 1.29 is 4.79 Å². The molecule has 0 aliphatic carbocycles. The van der Waals surface area contributed by atoms with Crippen molar-refractivity contribution in [3.63, 3.8) is 0 Å². The lowest BCUT2D eigenvalue weighted by Crippen LogP contribution is -2.26. The lowest BCUT2D eigenvalue weighted by Gasteiger charge is -2.16. The number of nitrogens with zero attached hydrogens (tertiary/aromatic N) is 5. The Bertz CT molecular complexity index is 876. The third-order valence-electron chi connectivity index (χ3n) is 4.24. The topological polar surface area (TPSA) is 56.0 Å². The number of aromatic nitrogens is 4. The van der Waals surface area contributed by atoms with Crippen molar-refractivity contribution in [1.82, 2.24) is 24.5 Å². The van der Waals surface area contributed by atoms with E-state index in [0.717, 1.165) is 23.4 Å². The number of hydrogen-bond acceptors (Lipinski definition) is 3. The predicted octanol–water partition coefficient (Wildman–Crippen LogP) is 2.75. The average molecular weight is 337 g/mol. The summed E-state index contributed by atoms with van der Waals surface area (Å²) in [6.45, 7) is 4.61. The molecule has 0 radical (unpaired) electrons. The standard InChI is InChI=1S/C19H23N5O/c1-5-18-17(11-21-24(18)16-8-6-14(2)7-9-16)19(25)22(3)12-15-10-20-23(4)13-15/h6-11,13H,5,12H2,1-4H3. The summed E-state index contributed by atoms with van der Waals surface area (Å²) < 4.78 is 3.59. The molecular weight excluding hydrogens is 314 g/mol.